The molecule has 0 saturated heterocycles. The van der Waals surface area contributed by atoms with Gasteiger partial charge < -0.3 is 15.4 Å². The van der Waals surface area contributed by atoms with Crippen molar-refractivity contribution in [1.82, 2.24) is 10.6 Å². The van der Waals surface area contributed by atoms with Crippen molar-refractivity contribution in [3.63, 3.8) is 0 Å². The van der Waals surface area contributed by atoms with Gasteiger partial charge in [-0.05, 0) is 58.3 Å². The molecule has 1 unspecified atom stereocenters. The lowest BCUT2D eigenvalue weighted by atomic mass is 10.1. The van der Waals surface area contributed by atoms with E-state index in [1.807, 2.05) is 12.1 Å². The third-order valence-electron chi connectivity index (χ3n) is 4.77. The minimum atomic E-state index is -0.684. The molecule has 2 aromatic rings. The third kappa shape index (κ3) is 8.34. The topological polar surface area (TPSA) is 67.4 Å². The molecule has 6 heteroatoms. The Kier molecular flexibility index (Phi) is 9.06. The molecule has 0 aromatic heterocycles. The number of amides is 2. The largest absolute Gasteiger partial charge is 0.444 e. The normalized spacial score (nSPS) is 13.5. The maximum Gasteiger partial charge on any atom is 0.408 e. The van der Waals surface area contributed by atoms with Gasteiger partial charge >= 0.3 is 6.09 Å². The molecule has 0 aliphatic carbocycles. The standard InChI is InChI=1S/C25H35N2O3P/c1-18(2)22(27-23(28)19(3)26-24(29)30-25(4,5)6)17-31(20-13-9-7-10-14-20)21-15-11-8-12-16-21/h7-16,18-19,22H,17H2,1-6H3,(H,26,29)(H,27,28)/t19?,22-/m1/s1. The van der Waals surface area contributed by atoms with Gasteiger partial charge in [-0.2, -0.15) is 0 Å². The van der Waals surface area contributed by atoms with Crippen molar-refractivity contribution >= 4 is 30.5 Å². The van der Waals surface area contributed by atoms with Gasteiger partial charge in [0.2, 0.25) is 5.91 Å². The first-order chi connectivity index (χ1) is 14.6. The monoisotopic (exact) mass is 442 g/mol. The first kappa shape index (κ1) is 24.9. The van der Waals surface area contributed by atoms with E-state index in [-0.39, 0.29) is 17.9 Å². The summed E-state index contributed by atoms with van der Waals surface area (Å²) in [5, 5.41) is 8.35. The van der Waals surface area contributed by atoms with Crippen LogP contribution < -0.4 is 21.2 Å². The smallest absolute Gasteiger partial charge is 0.408 e. The molecular weight excluding hydrogens is 407 g/mol. The number of hydrogen-bond acceptors (Lipinski definition) is 3. The molecule has 2 atom stereocenters. The number of rotatable bonds is 8. The van der Waals surface area contributed by atoms with Gasteiger partial charge in [0, 0.05) is 6.04 Å². The first-order valence-corrected chi connectivity index (χ1v) is 12.3. The van der Waals surface area contributed by atoms with Crippen LogP contribution in [0.2, 0.25) is 0 Å². The Morgan fingerprint density at radius 3 is 1.77 bits per heavy atom. The summed E-state index contributed by atoms with van der Waals surface area (Å²) in [5.74, 6) is 0.0377. The summed E-state index contributed by atoms with van der Waals surface area (Å²) < 4.78 is 5.26. The minimum Gasteiger partial charge on any atom is -0.444 e. The zero-order valence-corrected chi connectivity index (χ0v) is 20.3. The molecule has 0 radical (unpaired) electrons. The highest BCUT2D eigenvalue weighted by Gasteiger charge is 2.26. The summed E-state index contributed by atoms with van der Waals surface area (Å²) in [6.45, 7) is 11.3. The highest BCUT2D eigenvalue weighted by atomic mass is 31.1. The molecule has 0 spiro atoms. The Hall–Kier alpha value is -2.39. The van der Waals surface area contributed by atoms with Gasteiger partial charge in [-0.25, -0.2) is 4.79 Å². The zero-order valence-electron chi connectivity index (χ0n) is 19.4. The molecule has 0 saturated carbocycles. The van der Waals surface area contributed by atoms with Crippen LogP contribution in [0.4, 0.5) is 4.79 Å². The van der Waals surface area contributed by atoms with Crippen molar-refractivity contribution in [1.29, 1.82) is 0 Å². The fourth-order valence-corrected chi connectivity index (χ4v) is 5.74. The molecule has 5 nitrogen and oxygen atoms in total. The summed E-state index contributed by atoms with van der Waals surface area (Å²) in [6, 6.07) is 20.2. The maximum atomic E-state index is 12.8. The second kappa shape index (κ2) is 11.3. The van der Waals surface area contributed by atoms with Gasteiger partial charge in [-0.1, -0.05) is 74.5 Å². The number of carbonyl (C=O) groups is 2. The summed E-state index contributed by atoms with van der Waals surface area (Å²) in [5.41, 5.74) is -0.609. The molecule has 2 amide bonds. The number of nitrogens with one attached hydrogen (secondary N) is 2. The van der Waals surface area contributed by atoms with Gasteiger partial charge in [0.1, 0.15) is 11.6 Å². The second-order valence-corrected chi connectivity index (χ2v) is 11.3. The van der Waals surface area contributed by atoms with Crippen molar-refractivity contribution in [3.8, 4) is 0 Å². The van der Waals surface area contributed by atoms with E-state index in [9.17, 15) is 9.59 Å². The molecule has 0 heterocycles. The molecule has 2 N–H and O–H groups in total. The molecule has 0 bridgehead atoms. The third-order valence-corrected chi connectivity index (χ3v) is 7.38. The molecule has 0 fully saturated rings. The predicted molar refractivity (Wildman–Crippen MR) is 130 cm³/mol. The quantitative estimate of drug-likeness (QED) is 0.603. The van der Waals surface area contributed by atoms with Gasteiger partial charge in [-0.3, -0.25) is 4.79 Å². The minimum absolute atomic E-state index is 0.0260. The van der Waals surface area contributed by atoms with Gasteiger partial charge in [0.25, 0.3) is 0 Å². The molecular formula is C25H35N2O3P. The zero-order chi connectivity index (χ0) is 23.0. The molecule has 168 valence electrons. The van der Waals surface area contributed by atoms with Crippen LogP contribution in [0.3, 0.4) is 0 Å². The van der Waals surface area contributed by atoms with E-state index in [0.29, 0.717) is 0 Å². The highest BCUT2D eigenvalue weighted by molar-refractivity contribution is 7.73. The van der Waals surface area contributed by atoms with Crippen molar-refractivity contribution in [2.45, 2.75) is 59.2 Å². The molecule has 2 aromatic carbocycles. The summed E-state index contributed by atoms with van der Waals surface area (Å²) >= 11 is 0. The lowest BCUT2D eigenvalue weighted by Gasteiger charge is -2.29. The van der Waals surface area contributed by atoms with Gasteiger partial charge in [0.15, 0.2) is 0 Å². The second-order valence-electron chi connectivity index (χ2n) is 9.01. The van der Waals surface area contributed by atoms with Crippen LogP contribution in [-0.2, 0) is 9.53 Å². The van der Waals surface area contributed by atoms with E-state index in [1.165, 1.54) is 10.6 Å². The first-order valence-electron chi connectivity index (χ1n) is 10.7. The van der Waals surface area contributed by atoms with Crippen molar-refractivity contribution in [2.24, 2.45) is 5.92 Å². The van der Waals surface area contributed by atoms with Crippen LogP contribution >= 0.6 is 7.92 Å². The van der Waals surface area contributed by atoms with Gasteiger partial charge in [0.05, 0.1) is 0 Å². The van der Waals surface area contributed by atoms with Crippen LogP contribution in [0.1, 0.15) is 41.5 Å². The molecule has 2 rings (SSSR count). The molecule has 0 aliphatic heterocycles. The average Bonchev–Trinajstić information content (AvgIpc) is 2.70. The van der Waals surface area contributed by atoms with Crippen molar-refractivity contribution in [2.75, 3.05) is 6.16 Å². The van der Waals surface area contributed by atoms with E-state index in [0.717, 1.165) is 6.16 Å². The Balaban J connectivity index is 2.13. The molecule has 31 heavy (non-hydrogen) atoms. The van der Waals surface area contributed by atoms with Crippen LogP contribution in [0.25, 0.3) is 0 Å². The Morgan fingerprint density at radius 1 is 0.871 bits per heavy atom. The Bertz CT molecular complexity index is 795. The van der Waals surface area contributed by atoms with Crippen LogP contribution in [0.15, 0.2) is 60.7 Å². The van der Waals surface area contributed by atoms with E-state index >= 15 is 0 Å². The number of ether oxygens (including phenoxy) is 1. The van der Waals surface area contributed by atoms with Crippen LogP contribution in [0, 0.1) is 5.92 Å². The number of benzene rings is 2. The van der Waals surface area contributed by atoms with Crippen molar-refractivity contribution < 1.29 is 14.3 Å². The average molecular weight is 443 g/mol. The van der Waals surface area contributed by atoms with Crippen LogP contribution in [-0.4, -0.2) is 35.8 Å². The van der Waals surface area contributed by atoms with E-state index in [1.54, 1.807) is 27.7 Å². The van der Waals surface area contributed by atoms with Crippen molar-refractivity contribution in [3.05, 3.63) is 60.7 Å². The predicted octanol–water partition coefficient (Wildman–Crippen LogP) is 4.17. The van der Waals surface area contributed by atoms with Gasteiger partial charge in [-0.15, -0.1) is 0 Å². The van der Waals surface area contributed by atoms with E-state index in [4.69, 9.17) is 4.74 Å². The Morgan fingerprint density at radius 2 is 1.35 bits per heavy atom. The fraction of sp³-hybridized carbons (Fsp3) is 0.440. The summed E-state index contributed by atoms with van der Waals surface area (Å²) in [7, 11) is -0.635. The molecule has 0 aliphatic rings. The SMILES string of the molecule is CC(NC(=O)OC(C)(C)C)C(=O)N[C@H](CP(c1ccccc1)c1ccccc1)C(C)C. The van der Waals surface area contributed by atoms with E-state index < -0.39 is 25.7 Å². The maximum absolute atomic E-state index is 12.8. The summed E-state index contributed by atoms with van der Waals surface area (Å²) in [6.07, 6.45) is 0.235. The lowest BCUT2D eigenvalue weighted by molar-refractivity contribution is -0.123. The van der Waals surface area contributed by atoms with Crippen LogP contribution in [0.5, 0.6) is 0 Å². The number of carbonyl (C=O) groups excluding carboxylic acids is 2. The lowest BCUT2D eigenvalue weighted by Crippen LogP contribution is -2.51. The number of alkyl carbamates (subject to hydrolysis) is 1. The number of hydrogen-bond donors (Lipinski definition) is 2. The fourth-order valence-electron chi connectivity index (χ4n) is 3.05. The summed E-state index contributed by atoms with van der Waals surface area (Å²) in [4.78, 5) is 24.9. The highest BCUT2D eigenvalue weighted by Crippen LogP contribution is 2.35. The van der Waals surface area contributed by atoms with E-state index in [2.05, 4.69) is 73.0 Å². The Labute approximate surface area is 187 Å².